The predicted octanol–water partition coefficient (Wildman–Crippen LogP) is 3.32. The number of nitrogens with zero attached hydrogens (tertiary/aromatic N) is 3. The van der Waals surface area contributed by atoms with Crippen molar-refractivity contribution in [1.29, 1.82) is 0 Å². The third-order valence-electron chi connectivity index (χ3n) is 4.18. The lowest BCUT2D eigenvalue weighted by molar-refractivity contribution is 0.0701. The van der Waals surface area contributed by atoms with Crippen LogP contribution in [0.3, 0.4) is 0 Å². The molecule has 3 rings (SSSR count). The molecule has 0 bridgehead atoms. The van der Waals surface area contributed by atoms with Gasteiger partial charge in [-0.1, -0.05) is 13.3 Å². The summed E-state index contributed by atoms with van der Waals surface area (Å²) in [6.45, 7) is 6.08. The van der Waals surface area contributed by atoms with Crippen molar-refractivity contribution in [3.05, 3.63) is 16.8 Å². The average Bonchev–Trinajstić information content (AvgIpc) is 3.04. The largest absolute Gasteiger partial charge is 0.477 e. The number of anilines is 1. The normalized spacial score (nSPS) is 18.6. The molecule has 2 aromatic rings. The maximum absolute atomic E-state index is 11.3. The Morgan fingerprint density at radius 1 is 1.52 bits per heavy atom. The fourth-order valence-corrected chi connectivity index (χ4v) is 4.15. The van der Waals surface area contributed by atoms with Crippen molar-refractivity contribution in [1.82, 2.24) is 9.97 Å². The number of hydrogen-bond donors (Lipinski definition) is 1. The molecule has 2 aromatic heterocycles. The molecule has 0 aromatic carbocycles. The number of thiophene rings is 1. The lowest BCUT2D eigenvalue weighted by Gasteiger charge is -2.18. The molecule has 1 saturated heterocycles. The van der Waals surface area contributed by atoms with Gasteiger partial charge in [0, 0.05) is 13.1 Å². The fraction of sp³-hybridized carbons (Fsp3) is 0.533. The number of aryl methyl sites for hydroxylation is 1. The molecule has 21 heavy (non-hydrogen) atoms. The summed E-state index contributed by atoms with van der Waals surface area (Å²) in [6.07, 6.45) is 5.19. The first-order valence-electron chi connectivity index (χ1n) is 7.34. The summed E-state index contributed by atoms with van der Waals surface area (Å²) in [5.74, 6) is 0.740. The highest BCUT2D eigenvalue weighted by atomic mass is 32.1. The van der Waals surface area contributed by atoms with Crippen LogP contribution in [-0.2, 0) is 0 Å². The first-order chi connectivity index (χ1) is 10.1. The van der Waals surface area contributed by atoms with Crippen LogP contribution in [0, 0.1) is 12.8 Å². The molecule has 6 heteroatoms. The Morgan fingerprint density at radius 2 is 2.33 bits per heavy atom. The molecule has 3 heterocycles. The Balaban J connectivity index is 2.01. The lowest BCUT2D eigenvalue weighted by atomic mass is 10.0. The molecule has 1 aliphatic rings. The number of carbonyl (C=O) groups is 1. The van der Waals surface area contributed by atoms with Crippen LogP contribution in [0.1, 0.15) is 41.4 Å². The average molecular weight is 305 g/mol. The van der Waals surface area contributed by atoms with Crippen molar-refractivity contribution in [3.8, 4) is 0 Å². The summed E-state index contributed by atoms with van der Waals surface area (Å²) >= 11 is 1.24. The minimum absolute atomic E-state index is 0.371. The van der Waals surface area contributed by atoms with Gasteiger partial charge in [0.25, 0.3) is 0 Å². The second-order valence-corrected chi connectivity index (χ2v) is 6.63. The van der Waals surface area contributed by atoms with E-state index in [0.717, 1.165) is 40.6 Å². The van der Waals surface area contributed by atoms with Crippen molar-refractivity contribution in [3.63, 3.8) is 0 Å². The van der Waals surface area contributed by atoms with Gasteiger partial charge in [0.1, 0.15) is 21.9 Å². The van der Waals surface area contributed by atoms with E-state index in [4.69, 9.17) is 0 Å². The standard InChI is InChI=1S/C15H19N3O2S/c1-3-4-10-5-6-18(7-10)13-11-9(2)12(15(19)20)21-14(11)17-8-16-13/h8,10H,3-7H2,1-2H3,(H,19,20). The topological polar surface area (TPSA) is 66.3 Å². The minimum Gasteiger partial charge on any atom is -0.477 e. The molecule has 0 aliphatic carbocycles. The second-order valence-electron chi connectivity index (χ2n) is 5.63. The third kappa shape index (κ3) is 2.48. The number of rotatable bonds is 4. The number of carboxylic acids is 1. The van der Waals surface area contributed by atoms with Crippen molar-refractivity contribution >= 4 is 33.3 Å². The molecule has 0 radical (unpaired) electrons. The van der Waals surface area contributed by atoms with Gasteiger partial charge in [-0.25, -0.2) is 14.8 Å². The van der Waals surface area contributed by atoms with Gasteiger partial charge in [-0.15, -0.1) is 11.3 Å². The van der Waals surface area contributed by atoms with Gasteiger partial charge >= 0.3 is 5.97 Å². The Hall–Kier alpha value is -1.69. The smallest absolute Gasteiger partial charge is 0.346 e. The molecule has 0 spiro atoms. The van der Waals surface area contributed by atoms with Gasteiger partial charge in [0.2, 0.25) is 0 Å². The quantitative estimate of drug-likeness (QED) is 0.938. The lowest BCUT2D eigenvalue weighted by Crippen LogP contribution is -2.21. The summed E-state index contributed by atoms with van der Waals surface area (Å²) in [5.41, 5.74) is 0.789. The molecule has 0 saturated carbocycles. The first-order valence-corrected chi connectivity index (χ1v) is 8.15. The number of carboxylic acid groups (broad SMARTS) is 1. The number of aromatic nitrogens is 2. The van der Waals surface area contributed by atoms with E-state index in [1.807, 2.05) is 6.92 Å². The molecule has 1 unspecified atom stereocenters. The highest BCUT2D eigenvalue weighted by Crippen LogP contribution is 2.36. The zero-order valence-corrected chi connectivity index (χ0v) is 13.1. The van der Waals surface area contributed by atoms with Gasteiger partial charge in [0.15, 0.2) is 0 Å². The number of aromatic carboxylic acids is 1. The molecule has 112 valence electrons. The minimum atomic E-state index is -0.883. The summed E-state index contributed by atoms with van der Waals surface area (Å²) in [7, 11) is 0. The van der Waals surface area contributed by atoms with E-state index < -0.39 is 5.97 Å². The highest BCUT2D eigenvalue weighted by Gasteiger charge is 2.26. The summed E-state index contributed by atoms with van der Waals surface area (Å²) < 4.78 is 0. The SMILES string of the molecule is CCCC1CCN(c2ncnc3sc(C(=O)O)c(C)c23)C1. The molecule has 1 aliphatic heterocycles. The van der Waals surface area contributed by atoms with E-state index in [2.05, 4.69) is 21.8 Å². The molecule has 0 amide bonds. The van der Waals surface area contributed by atoms with E-state index in [1.54, 1.807) is 6.33 Å². The maximum Gasteiger partial charge on any atom is 0.346 e. The van der Waals surface area contributed by atoms with Crippen LogP contribution >= 0.6 is 11.3 Å². The van der Waals surface area contributed by atoms with Gasteiger partial charge in [-0.2, -0.15) is 0 Å². The Kier molecular flexibility index (Phi) is 3.80. The van der Waals surface area contributed by atoms with Gasteiger partial charge in [-0.05, 0) is 31.2 Å². The van der Waals surface area contributed by atoms with Crippen LogP contribution in [0.2, 0.25) is 0 Å². The Morgan fingerprint density at radius 3 is 3.05 bits per heavy atom. The highest BCUT2D eigenvalue weighted by molar-refractivity contribution is 7.20. The summed E-state index contributed by atoms with van der Waals surface area (Å²) in [6, 6.07) is 0. The van der Waals surface area contributed by atoms with Crippen LogP contribution in [0.15, 0.2) is 6.33 Å². The van der Waals surface area contributed by atoms with Crippen LogP contribution in [0.25, 0.3) is 10.2 Å². The molecular formula is C15H19N3O2S. The van der Waals surface area contributed by atoms with E-state index in [0.29, 0.717) is 4.88 Å². The maximum atomic E-state index is 11.3. The number of fused-ring (bicyclic) bond motifs is 1. The molecule has 1 N–H and O–H groups in total. The van der Waals surface area contributed by atoms with Crippen molar-refractivity contribution < 1.29 is 9.90 Å². The molecule has 1 atom stereocenters. The van der Waals surface area contributed by atoms with Crippen LogP contribution < -0.4 is 4.90 Å². The number of hydrogen-bond acceptors (Lipinski definition) is 5. The first kappa shape index (κ1) is 14.3. The van der Waals surface area contributed by atoms with Crippen LogP contribution in [-0.4, -0.2) is 34.1 Å². The Labute approximate surface area is 127 Å². The van der Waals surface area contributed by atoms with Crippen LogP contribution in [0.5, 0.6) is 0 Å². The van der Waals surface area contributed by atoms with Crippen molar-refractivity contribution in [2.75, 3.05) is 18.0 Å². The van der Waals surface area contributed by atoms with Gasteiger partial charge in [0.05, 0.1) is 5.39 Å². The van der Waals surface area contributed by atoms with Gasteiger partial charge < -0.3 is 10.0 Å². The van der Waals surface area contributed by atoms with E-state index in [9.17, 15) is 9.90 Å². The molecule has 1 fully saturated rings. The molecular weight excluding hydrogens is 286 g/mol. The van der Waals surface area contributed by atoms with Crippen molar-refractivity contribution in [2.24, 2.45) is 5.92 Å². The zero-order chi connectivity index (χ0) is 15.0. The fourth-order valence-electron chi connectivity index (χ4n) is 3.17. The summed E-state index contributed by atoms with van der Waals surface area (Å²) in [5, 5.41) is 10.2. The Bertz CT molecular complexity index is 683. The monoisotopic (exact) mass is 305 g/mol. The van der Waals surface area contributed by atoms with Crippen molar-refractivity contribution in [2.45, 2.75) is 33.1 Å². The van der Waals surface area contributed by atoms with E-state index in [-0.39, 0.29) is 0 Å². The molecule has 5 nitrogen and oxygen atoms in total. The van der Waals surface area contributed by atoms with Gasteiger partial charge in [-0.3, -0.25) is 0 Å². The van der Waals surface area contributed by atoms with E-state index in [1.165, 1.54) is 30.6 Å². The zero-order valence-electron chi connectivity index (χ0n) is 12.3. The summed E-state index contributed by atoms with van der Waals surface area (Å²) in [4.78, 5) is 23.4. The van der Waals surface area contributed by atoms with Crippen LogP contribution in [0.4, 0.5) is 5.82 Å². The third-order valence-corrected chi connectivity index (χ3v) is 5.37. The second kappa shape index (κ2) is 5.60. The predicted molar refractivity (Wildman–Crippen MR) is 84.3 cm³/mol. The van der Waals surface area contributed by atoms with E-state index >= 15 is 0 Å².